The lowest BCUT2D eigenvalue weighted by Crippen LogP contribution is -2.32. The van der Waals surface area contributed by atoms with Crippen LogP contribution in [0.2, 0.25) is 0 Å². The molecule has 2 aliphatic rings. The monoisotopic (exact) mass is 389 g/mol. The van der Waals surface area contributed by atoms with Crippen molar-refractivity contribution in [2.75, 3.05) is 7.11 Å². The number of ether oxygens (including phenoxy) is 1. The van der Waals surface area contributed by atoms with Crippen molar-refractivity contribution in [1.82, 2.24) is 15.1 Å². The van der Waals surface area contributed by atoms with E-state index in [1.54, 1.807) is 0 Å². The minimum Gasteiger partial charge on any atom is -0.469 e. The third-order valence-electron chi connectivity index (χ3n) is 6.01. The fraction of sp³-hybridized carbons (Fsp3) is 0.650. The maximum atomic E-state index is 12.8. The summed E-state index contributed by atoms with van der Waals surface area (Å²) < 4.78 is 6.99. The zero-order chi connectivity index (χ0) is 19.0. The second-order valence-corrected chi connectivity index (χ2v) is 8.89. The fourth-order valence-electron chi connectivity index (χ4n) is 4.51. The van der Waals surface area contributed by atoms with Gasteiger partial charge in [-0.1, -0.05) is 19.3 Å². The number of hydrogen-bond acceptors (Lipinski definition) is 5. The van der Waals surface area contributed by atoms with E-state index >= 15 is 0 Å². The summed E-state index contributed by atoms with van der Waals surface area (Å²) in [5, 5.41) is 8.96. The van der Waals surface area contributed by atoms with Crippen LogP contribution in [-0.4, -0.2) is 34.8 Å². The van der Waals surface area contributed by atoms with Gasteiger partial charge >= 0.3 is 5.97 Å². The normalized spacial score (nSPS) is 23.6. The second-order valence-electron chi connectivity index (χ2n) is 7.85. The van der Waals surface area contributed by atoms with Gasteiger partial charge in [0.25, 0.3) is 5.91 Å². The van der Waals surface area contributed by atoms with Crippen molar-refractivity contribution in [3.63, 3.8) is 0 Å². The molecule has 2 aliphatic carbocycles. The van der Waals surface area contributed by atoms with E-state index in [9.17, 15) is 9.59 Å². The van der Waals surface area contributed by atoms with Crippen LogP contribution in [0.15, 0.2) is 6.07 Å². The zero-order valence-electron chi connectivity index (χ0n) is 16.0. The molecule has 1 amide bonds. The summed E-state index contributed by atoms with van der Waals surface area (Å²) in [6, 6.07) is 2.48. The highest BCUT2D eigenvalue weighted by Crippen LogP contribution is 2.35. The number of amides is 1. The molecular formula is C20H27N3O3S. The third-order valence-corrected chi connectivity index (χ3v) is 7.14. The summed E-state index contributed by atoms with van der Waals surface area (Å²) in [7, 11) is 1.42. The summed E-state index contributed by atoms with van der Waals surface area (Å²) in [5.74, 6) is -0.303. The van der Waals surface area contributed by atoms with Gasteiger partial charge in [0.2, 0.25) is 0 Å². The number of aryl methyl sites for hydroxylation is 1. The van der Waals surface area contributed by atoms with E-state index in [1.165, 1.54) is 50.6 Å². The first-order valence-electron chi connectivity index (χ1n) is 9.94. The van der Waals surface area contributed by atoms with Gasteiger partial charge in [0, 0.05) is 11.4 Å². The molecular weight excluding hydrogens is 362 g/mol. The van der Waals surface area contributed by atoms with Crippen LogP contribution in [0.4, 0.5) is 0 Å². The predicted molar refractivity (Wildman–Crippen MR) is 105 cm³/mol. The van der Waals surface area contributed by atoms with Crippen molar-refractivity contribution in [3.05, 3.63) is 16.6 Å². The van der Waals surface area contributed by atoms with Crippen molar-refractivity contribution in [3.8, 4) is 0 Å². The van der Waals surface area contributed by atoms with Crippen molar-refractivity contribution in [1.29, 1.82) is 0 Å². The van der Waals surface area contributed by atoms with Gasteiger partial charge in [0.05, 0.1) is 29.6 Å². The van der Waals surface area contributed by atoms with Crippen LogP contribution in [0.3, 0.4) is 0 Å². The van der Waals surface area contributed by atoms with E-state index in [-0.39, 0.29) is 23.8 Å². The Balaban J connectivity index is 1.49. The molecule has 0 radical (unpaired) electrons. The Kier molecular flexibility index (Phi) is 5.21. The molecule has 146 valence electrons. The Hall–Kier alpha value is -1.89. The summed E-state index contributed by atoms with van der Waals surface area (Å²) in [6.45, 7) is 2.02. The molecule has 0 aliphatic heterocycles. The van der Waals surface area contributed by atoms with E-state index in [4.69, 9.17) is 9.84 Å². The predicted octanol–water partition coefficient (Wildman–Crippen LogP) is 3.98. The Bertz CT molecular complexity index is 850. The first-order valence-corrected chi connectivity index (χ1v) is 10.8. The molecule has 2 aromatic heterocycles. The summed E-state index contributed by atoms with van der Waals surface area (Å²) in [5.41, 5.74) is 0.998. The van der Waals surface area contributed by atoms with E-state index < -0.39 is 0 Å². The van der Waals surface area contributed by atoms with Crippen LogP contribution in [0.25, 0.3) is 10.2 Å². The average Bonchev–Trinajstić information content (AvgIpc) is 3.39. The Labute approximate surface area is 163 Å². The highest BCUT2D eigenvalue weighted by molar-refractivity contribution is 7.20. The van der Waals surface area contributed by atoms with Crippen molar-refractivity contribution >= 4 is 33.4 Å². The van der Waals surface area contributed by atoms with Gasteiger partial charge < -0.3 is 10.1 Å². The number of thiophene rings is 1. The molecule has 0 aromatic carbocycles. The molecule has 4 rings (SSSR count). The standard InChI is InChI=1S/C20H27N3O3S/c1-12-16-11-17(18(24)21-14-9-8-13(10-14)20(25)26-2)27-19(16)23(22-12)15-6-4-3-5-7-15/h11,13-15H,3-10H2,1-2H3,(H,21,24). The number of nitrogens with one attached hydrogen (secondary N) is 1. The quantitative estimate of drug-likeness (QED) is 0.803. The number of aromatic nitrogens is 2. The molecule has 0 bridgehead atoms. The molecule has 1 N–H and O–H groups in total. The van der Waals surface area contributed by atoms with E-state index in [2.05, 4.69) is 10.00 Å². The number of hydrogen-bond donors (Lipinski definition) is 1. The number of carbonyl (C=O) groups excluding carboxylic acids is 2. The number of carbonyl (C=O) groups is 2. The van der Waals surface area contributed by atoms with Crippen LogP contribution >= 0.6 is 11.3 Å². The average molecular weight is 390 g/mol. The summed E-state index contributed by atoms with van der Waals surface area (Å²) >= 11 is 1.54. The topological polar surface area (TPSA) is 73.2 Å². The SMILES string of the molecule is COC(=O)C1CCC(NC(=O)c2cc3c(C)nn(C4CCCCC4)c3s2)C1. The Morgan fingerprint density at radius 2 is 2.00 bits per heavy atom. The molecule has 2 saturated carbocycles. The van der Waals surface area contributed by atoms with Gasteiger partial charge in [-0.05, 0) is 45.1 Å². The van der Waals surface area contributed by atoms with Crippen LogP contribution < -0.4 is 5.32 Å². The molecule has 2 heterocycles. The number of nitrogens with zero attached hydrogens (tertiary/aromatic N) is 2. The first-order chi connectivity index (χ1) is 13.1. The van der Waals surface area contributed by atoms with Crippen molar-refractivity contribution in [2.24, 2.45) is 5.92 Å². The van der Waals surface area contributed by atoms with Crippen LogP contribution in [0.1, 0.15) is 72.8 Å². The molecule has 2 fully saturated rings. The fourth-order valence-corrected chi connectivity index (χ4v) is 5.64. The molecule has 6 nitrogen and oxygen atoms in total. The Morgan fingerprint density at radius 1 is 1.22 bits per heavy atom. The van der Waals surface area contributed by atoms with Gasteiger partial charge in [-0.25, -0.2) is 0 Å². The maximum Gasteiger partial charge on any atom is 0.308 e. The molecule has 27 heavy (non-hydrogen) atoms. The lowest BCUT2D eigenvalue weighted by Gasteiger charge is -2.22. The first kappa shape index (κ1) is 18.5. The summed E-state index contributed by atoms with van der Waals surface area (Å²) in [4.78, 5) is 26.3. The highest BCUT2D eigenvalue weighted by Gasteiger charge is 2.32. The number of methoxy groups -OCH3 is 1. The largest absolute Gasteiger partial charge is 0.469 e. The molecule has 0 spiro atoms. The van der Waals surface area contributed by atoms with E-state index in [1.807, 2.05) is 13.0 Å². The molecule has 0 saturated heterocycles. The number of rotatable bonds is 4. The van der Waals surface area contributed by atoms with Gasteiger partial charge in [-0.15, -0.1) is 11.3 Å². The number of fused-ring (bicyclic) bond motifs is 1. The van der Waals surface area contributed by atoms with Gasteiger partial charge in [0.15, 0.2) is 0 Å². The molecule has 2 aromatic rings. The molecule has 2 unspecified atom stereocenters. The smallest absolute Gasteiger partial charge is 0.308 e. The van der Waals surface area contributed by atoms with E-state index in [0.717, 1.165) is 33.6 Å². The zero-order valence-corrected chi connectivity index (χ0v) is 16.8. The highest BCUT2D eigenvalue weighted by atomic mass is 32.1. The van der Waals surface area contributed by atoms with Gasteiger partial charge in [-0.2, -0.15) is 5.10 Å². The van der Waals surface area contributed by atoms with Crippen molar-refractivity contribution < 1.29 is 14.3 Å². The minimum absolute atomic E-state index is 0.0405. The van der Waals surface area contributed by atoms with E-state index in [0.29, 0.717) is 12.5 Å². The maximum absolute atomic E-state index is 12.8. The van der Waals surface area contributed by atoms with Gasteiger partial charge in [-0.3, -0.25) is 14.3 Å². The van der Waals surface area contributed by atoms with Crippen LogP contribution in [-0.2, 0) is 9.53 Å². The third kappa shape index (κ3) is 3.61. The lowest BCUT2D eigenvalue weighted by molar-refractivity contribution is -0.145. The molecule has 2 atom stereocenters. The Morgan fingerprint density at radius 3 is 2.74 bits per heavy atom. The number of esters is 1. The van der Waals surface area contributed by atoms with Gasteiger partial charge in [0.1, 0.15) is 4.83 Å². The second kappa shape index (κ2) is 7.62. The minimum atomic E-state index is -0.170. The lowest BCUT2D eigenvalue weighted by atomic mass is 9.96. The van der Waals surface area contributed by atoms with Crippen LogP contribution in [0, 0.1) is 12.8 Å². The van der Waals surface area contributed by atoms with Crippen molar-refractivity contribution in [2.45, 2.75) is 70.4 Å². The molecule has 7 heteroatoms. The van der Waals surface area contributed by atoms with Crippen LogP contribution in [0.5, 0.6) is 0 Å². The summed E-state index contributed by atoms with van der Waals surface area (Å²) in [6.07, 6.45) is 8.44.